The highest BCUT2D eigenvalue weighted by Crippen LogP contribution is 2.21. The Hall–Kier alpha value is -1.87. The molecule has 2 rings (SSSR count). The Bertz CT molecular complexity index is 526. The summed E-state index contributed by atoms with van der Waals surface area (Å²) in [5.41, 5.74) is 3.55. The molecule has 0 saturated heterocycles. The van der Waals surface area contributed by atoms with E-state index < -0.39 is 0 Å². The fourth-order valence-corrected chi connectivity index (χ4v) is 2.03. The summed E-state index contributed by atoms with van der Waals surface area (Å²) in [6.45, 7) is 6.70. The molecule has 2 aromatic rings. The van der Waals surface area contributed by atoms with Crippen LogP contribution >= 0.6 is 0 Å². The smallest absolute Gasteiger partial charge is 0.124 e. The minimum absolute atomic E-state index is 0.553. The van der Waals surface area contributed by atoms with Gasteiger partial charge in [0, 0.05) is 30.1 Å². The molecule has 1 N–H and O–H groups in total. The third-order valence-corrected chi connectivity index (χ3v) is 3.08. The molecule has 0 aliphatic rings. The van der Waals surface area contributed by atoms with Crippen LogP contribution in [0.2, 0.25) is 0 Å². The highest BCUT2D eigenvalue weighted by Gasteiger charge is 2.04. The van der Waals surface area contributed by atoms with E-state index in [1.54, 1.807) is 6.20 Å². The normalized spacial score (nSPS) is 10.5. The average molecular weight is 270 g/mol. The minimum atomic E-state index is 0.553. The van der Waals surface area contributed by atoms with E-state index >= 15 is 0 Å². The van der Waals surface area contributed by atoms with Crippen LogP contribution in [0.5, 0.6) is 5.75 Å². The van der Waals surface area contributed by atoms with Gasteiger partial charge in [-0.25, -0.2) is 0 Å². The number of nitrogens with zero attached hydrogens (tertiary/aromatic N) is 1. The Balaban J connectivity index is 2.02. The van der Waals surface area contributed by atoms with Crippen LogP contribution in [-0.2, 0) is 13.2 Å². The van der Waals surface area contributed by atoms with E-state index in [1.165, 1.54) is 11.1 Å². The standard InChI is InChI=1S/C17H22N2O/c1-3-8-18-12-16-10-14(2)6-7-17(16)20-13-15-5-4-9-19-11-15/h4-7,9-11,18H,3,8,12-13H2,1-2H3. The van der Waals surface area contributed by atoms with Crippen LogP contribution < -0.4 is 10.1 Å². The largest absolute Gasteiger partial charge is 0.489 e. The maximum atomic E-state index is 5.93. The van der Waals surface area contributed by atoms with Gasteiger partial charge in [-0.05, 0) is 32.0 Å². The number of nitrogens with one attached hydrogen (secondary N) is 1. The lowest BCUT2D eigenvalue weighted by Crippen LogP contribution is -2.14. The van der Waals surface area contributed by atoms with Crippen LogP contribution in [0, 0.1) is 6.92 Å². The van der Waals surface area contributed by atoms with Crippen LogP contribution in [0.4, 0.5) is 0 Å². The second kappa shape index (κ2) is 7.65. The molecule has 3 heteroatoms. The molecule has 0 radical (unpaired) electrons. The van der Waals surface area contributed by atoms with Crippen LogP contribution in [-0.4, -0.2) is 11.5 Å². The molecule has 0 amide bonds. The Morgan fingerprint density at radius 3 is 2.90 bits per heavy atom. The molecule has 106 valence electrons. The fourth-order valence-electron chi connectivity index (χ4n) is 2.03. The van der Waals surface area contributed by atoms with Gasteiger partial charge in [0.2, 0.25) is 0 Å². The van der Waals surface area contributed by atoms with Crippen molar-refractivity contribution >= 4 is 0 Å². The lowest BCUT2D eigenvalue weighted by Gasteiger charge is -2.13. The van der Waals surface area contributed by atoms with Gasteiger partial charge in [-0.15, -0.1) is 0 Å². The van der Waals surface area contributed by atoms with E-state index in [2.05, 4.69) is 42.3 Å². The number of hydrogen-bond acceptors (Lipinski definition) is 3. The van der Waals surface area contributed by atoms with Gasteiger partial charge in [0.25, 0.3) is 0 Å². The van der Waals surface area contributed by atoms with Gasteiger partial charge in [0.1, 0.15) is 12.4 Å². The molecule has 20 heavy (non-hydrogen) atoms. The molecule has 0 aliphatic carbocycles. The van der Waals surface area contributed by atoms with Crippen LogP contribution in [0.1, 0.15) is 30.0 Å². The molecule has 1 aromatic heterocycles. The summed E-state index contributed by atoms with van der Waals surface area (Å²) in [5, 5.41) is 3.42. The van der Waals surface area contributed by atoms with E-state index in [-0.39, 0.29) is 0 Å². The molecule has 0 unspecified atom stereocenters. The summed E-state index contributed by atoms with van der Waals surface area (Å²) in [7, 11) is 0. The maximum absolute atomic E-state index is 5.93. The van der Waals surface area contributed by atoms with Crippen molar-refractivity contribution in [3.63, 3.8) is 0 Å². The third kappa shape index (κ3) is 4.35. The first-order valence-electron chi connectivity index (χ1n) is 7.11. The molecule has 3 nitrogen and oxygen atoms in total. The third-order valence-electron chi connectivity index (χ3n) is 3.08. The zero-order valence-corrected chi connectivity index (χ0v) is 12.2. The van der Waals surface area contributed by atoms with E-state index in [1.807, 2.05) is 18.3 Å². The van der Waals surface area contributed by atoms with Crippen molar-refractivity contribution < 1.29 is 4.74 Å². The van der Waals surface area contributed by atoms with Gasteiger partial charge in [-0.3, -0.25) is 4.98 Å². The quantitative estimate of drug-likeness (QED) is 0.782. The van der Waals surface area contributed by atoms with Crippen molar-refractivity contribution in [2.24, 2.45) is 0 Å². The molecule has 0 fully saturated rings. The monoisotopic (exact) mass is 270 g/mol. The molecular formula is C17H22N2O. The van der Waals surface area contributed by atoms with Gasteiger partial charge >= 0.3 is 0 Å². The Morgan fingerprint density at radius 1 is 1.25 bits per heavy atom. The van der Waals surface area contributed by atoms with Crippen molar-refractivity contribution in [1.82, 2.24) is 10.3 Å². The molecule has 0 bridgehead atoms. The summed E-state index contributed by atoms with van der Waals surface area (Å²) >= 11 is 0. The van der Waals surface area contributed by atoms with Gasteiger partial charge in [-0.2, -0.15) is 0 Å². The highest BCUT2D eigenvalue weighted by atomic mass is 16.5. The molecule has 0 atom stereocenters. The van der Waals surface area contributed by atoms with Gasteiger partial charge in [0.05, 0.1) is 0 Å². The Labute approximate surface area is 121 Å². The maximum Gasteiger partial charge on any atom is 0.124 e. The number of hydrogen-bond donors (Lipinski definition) is 1. The van der Waals surface area contributed by atoms with E-state index in [0.29, 0.717) is 6.61 Å². The zero-order valence-electron chi connectivity index (χ0n) is 12.2. The SMILES string of the molecule is CCCNCc1cc(C)ccc1OCc1cccnc1. The highest BCUT2D eigenvalue weighted by molar-refractivity contribution is 5.37. The summed E-state index contributed by atoms with van der Waals surface area (Å²) in [6.07, 6.45) is 4.75. The number of aromatic nitrogens is 1. The molecule has 1 heterocycles. The van der Waals surface area contributed by atoms with Crippen LogP contribution in [0.15, 0.2) is 42.7 Å². The van der Waals surface area contributed by atoms with Crippen molar-refractivity contribution in [1.29, 1.82) is 0 Å². The number of pyridine rings is 1. The van der Waals surface area contributed by atoms with Crippen LogP contribution in [0.25, 0.3) is 0 Å². The first-order chi connectivity index (χ1) is 9.79. The Morgan fingerprint density at radius 2 is 2.15 bits per heavy atom. The first kappa shape index (κ1) is 14.5. The van der Waals surface area contributed by atoms with Gasteiger partial charge in [-0.1, -0.05) is 30.7 Å². The zero-order chi connectivity index (χ0) is 14.2. The van der Waals surface area contributed by atoms with E-state index in [9.17, 15) is 0 Å². The number of ether oxygens (including phenoxy) is 1. The van der Waals surface area contributed by atoms with Crippen molar-refractivity contribution in [2.45, 2.75) is 33.4 Å². The summed E-state index contributed by atoms with van der Waals surface area (Å²) in [6, 6.07) is 10.3. The second-order valence-electron chi connectivity index (χ2n) is 4.94. The molecule has 0 spiro atoms. The Kier molecular flexibility index (Phi) is 5.56. The average Bonchev–Trinajstić information content (AvgIpc) is 2.48. The topological polar surface area (TPSA) is 34.1 Å². The number of benzene rings is 1. The molecule has 0 aliphatic heterocycles. The first-order valence-corrected chi connectivity index (χ1v) is 7.11. The molecular weight excluding hydrogens is 248 g/mol. The number of rotatable bonds is 7. The van der Waals surface area contributed by atoms with E-state index in [0.717, 1.165) is 30.8 Å². The summed E-state index contributed by atoms with van der Waals surface area (Å²) < 4.78 is 5.93. The molecule has 0 saturated carbocycles. The lowest BCUT2D eigenvalue weighted by atomic mass is 10.1. The summed E-state index contributed by atoms with van der Waals surface area (Å²) in [4.78, 5) is 4.10. The van der Waals surface area contributed by atoms with Crippen molar-refractivity contribution in [3.05, 3.63) is 59.4 Å². The predicted molar refractivity (Wildman–Crippen MR) is 81.7 cm³/mol. The van der Waals surface area contributed by atoms with Crippen LogP contribution in [0.3, 0.4) is 0 Å². The van der Waals surface area contributed by atoms with Gasteiger partial charge < -0.3 is 10.1 Å². The predicted octanol–water partition coefficient (Wildman–Crippen LogP) is 3.47. The van der Waals surface area contributed by atoms with E-state index in [4.69, 9.17) is 4.74 Å². The summed E-state index contributed by atoms with van der Waals surface area (Å²) in [5.74, 6) is 0.947. The second-order valence-corrected chi connectivity index (χ2v) is 4.94. The van der Waals surface area contributed by atoms with Crippen molar-refractivity contribution in [3.8, 4) is 5.75 Å². The number of aryl methyl sites for hydroxylation is 1. The molecule has 1 aromatic carbocycles. The lowest BCUT2D eigenvalue weighted by molar-refractivity contribution is 0.301. The van der Waals surface area contributed by atoms with Crippen molar-refractivity contribution in [2.75, 3.05) is 6.54 Å². The van der Waals surface area contributed by atoms with Gasteiger partial charge in [0.15, 0.2) is 0 Å². The minimum Gasteiger partial charge on any atom is -0.489 e. The fraction of sp³-hybridized carbons (Fsp3) is 0.353.